The molecule has 0 bridgehead atoms. The van der Waals surface area contributed by atoms with Crippen molar-refractivity contribution in [2.24, 2.45) is 0 Å². The Morgan fingerprint density at radius 2 is 0.852 bits per heavy atom. The summed E-state index contributed by atoms with van der Waals surface area (Å²) in [5.74, 6) is 0. The topological polar surface area (TPSA) is 26.4 Å². The van der Waals surface area contributed by atoms with Crippen LogP contribution in [0.4, 0.5) is 0 Å². The van der Waals surface area contributed by atoms with Gasteiger partial charge >= 0.3 is 0 Å². The average Bonchev–Trinajstić information content (AvgIpc) is 3.76. The van der Waals surface area contributed by atoms with Crippen LogP contribution in [0.2, 0.25) is 0 Å². The Balaban J connectivity index is 1.09. The van der Waals surface area contributed by atoms with Gasteiger partial charge in [-0.1, -0.05) is 121 Å². The van der Waals surface area contributed by atoms with Gasteiger partial charge in [-0.25, -0.2) is 0 Å². The highest BCUT2D eigenvalue weighted by Crippen LogP contribution is 2.40. The van der Waals surface area contributed by atoms with Crippen molar-refractivity contribution in [2.75, 3.05) is 0 Å². The zero-order chi connectivity index (χ0) is 35.5. The first-order chi connectivity index (χ1) is 26.7. The van der Waals surface area contributed by atoms with Crippen LogP contribution in [0, 0.1) is 0 Å². The second-order valence-electron chi connectivity index (χ2n) is 14.5. The van der Waals surface area contributed by atoms with E-state index in [4.69, 9.17) is 0 Å². The number of fused-ring (bicyclic) bond motifs is 11. The molecule has 3 nitrogen and oxygen atoms in total. The molecule has 12 rings (SSSR count). The number of nitrogens with zero attached hydrogens (tertiary/aromatic N) is 2. The molecule has 0 fully saturated rings. The minimum Gasteiger partial charge on any atom is -0.309 e. The van der Waals surface area contributed by atoms with Gasteiger partial charge in [-0.05, 0) is 110 Å². The van der Waals surface area contributed by atoms with Gasteiger partial charge in [0.15, 0.2) is 0 Å². The summed E-state index contributed by atoms with van der Waals surface area (Å²) in [4.78, 5) is 14.2. The van der Waals surface area contributed by atoms with Crippen molar-refractivity contribution in [2.45, 2.75) is 0 Å². The van der Waals surface area contributed by atoms with E-state index in [1.54, 1.807) is 0 Å². The molecule has 0 unspecified atom stereocenters. The number of para-hydroxylation sites is 3. The zero-order valence-corrected chi connectivity index (χ0v) is 29.1. The molecule has 250 valence electrons. The Morgan fingerprint density at radius 1 is 0.315 bits per heavy atom. The lowest BCUT2D eigenvalue weighted by Crippen LogP contribution is -2.12. The lowest BCUT2D eigenvalue weighted by Gasteiger charge is -2.13. The number of aromatic nitrogens is 2. The Kier molecular flexibility index (Phi) is 5.92. The molecular weight excluding hydrogens is 657 g/mol. The first kappa shape index (κ1) is 29.4. The van der Waals surface area contributed by atoms with E-state index in [1.165, 1.54) is 43.4 Å². The van der Waals surface area contributed by atoms with Gasteiger partial charge in [0.05, 0.1) is 22.1 Å². The summed E-state index contributed by atoms with van der Waals surface area (Å²) in [5.41, 5.74) is 10.0. The maximum absolute atomic E-state index is 14.2. The number of pyridine rings is 1. The molecule has 0 amide bonds. The van der Waals surface area contributed by atoms with Gasteiger partial charge in [-0.2, -0.15) is 0 Å². The van der Waals surface area contributed by atoms with E-state index in [-0.39, 0.29) is 5.56 Å². The largest absolute Gasteiger partial charge is 0.309 e. The van der Waals surface area contributed by atoms with Crippen LogP contribution in [0.1, 0.15) is 0 Å². The van der Waals surface area contributed by atoms with E-state index in [0.29, 0.717) is 0 Å². The number of hydrogen-bond donors (Lipinski definition) is 0. The van der Waals surface area contributed by atoms with Crippen LogP contribution in [0.25, 0.3) is 109 Å². The van der Waals surface area contributed by atoms with Crippen molar-refractivity contribution in [1.82, 2.24) is 8.97 Å². The van der Waals surface area contributed by atoms with Crippen molar-refractivity contribution in [3.8, 4) is 27.9 Å². The first-order valence-corrected chi connectivity index (χ1v) is 18.5. The molecule has 0 radical (unpaired) electrons. The van der Waals surface area contributed by atoms with Gasteiger partial charge in [0, 0.05) is 38.0 Å². The molecule has 0 atom stereocenters. The predicted molar refractivity (Wildman–Crippen MR) is 228 cm³/mol. The number of benzene rings is 9. The lowest BCUT2D eigenvalue weighted by molar-refractivity contribution is 1.19. The van der Waals surface area contributed by atoms with E-state index in [0.717, 1.165) is 65.9 Å². The second kappa shape index (κ2) is 10.9. The van der Waals surface area contributed by atoms with Gasteiger partial charge in [0.2, 0.25) is 0 Å². The molecule has 0 saturated carbocycles. The highest BCUT2D eigenvalue weighted by Gasteiger charge is 2.20. The Morgan fingerprint density at radius 3 is 1.61 bits per heavy atom. The van der Waals surface area contributed by atoms with Crippen molar-refractivity contribution >= 4 is 81.3 Å². The predicted octanol–water partition coefficient (Wildman–Crippen LogP) is 12.9. The summed E-state index contributed by atoms with van der Waals surface area (Å²) in [6.45, 7) is 0. The second-order valence-corrected chi connectivity index (χ2v) is 14.5. The minimum absolute atomic E-state index is 0.0218. The van der Waals surface area contributed by atoms with Gasteiger partial charge in [-0.3, -0.25) is 9.20 Å². The van der Waals surface area contributed by atoms with Gasteiger partial charge in [0.25, 0.3) is 5.56 Å². The molecule has 3 heteroatoms. The van der Waals surface area contributed by atoms with E-state index in [2.05, 4.69) is 168 Å². The molecule has 3 aromatic heterocycles. The summed E-state index contributed by atoms with van der Waals surface area (Å²) in [5, 5.41) is 12.3. The van der Waals surface area contributed by atoms with E-state index in [9.17, 15) is 4.79 Å². The van der Waals surface area contributed by atoms with Crippen molar-refractivity contribution in [1.29, 1.82) is 0 Å². The molecule has 3 heterocycles. The smallest absolute Gasteiger partial charge is 0.263 e. The van der Waals surface area contributed by atoms with Crippen molar-refractivity contribution in [3.63, 3.8) is 0 Å². The van der Waals surface area contributed by atoms with Crippen LogP contribution in [0.3, 0.4) is 0 Å². The molecule has 9 aromatic carbocycles. The fourth-order valence-electron chi connectivity index (χ4n) is 9.13. The highest BCUT2D eigenvalue weighted by atomic mass is 16.1. The summed E-state index contributed by atoms with van der Waals surface area (Å²) in [6, 6.07) is 65.1. The van der Waals surface area contributed by atoms with Crippen molar-refractivity contribution in [3.05, 3.63) is 192 Å². The summed E-state index contributed by atoms with van der Waals surface area (Å²) >= 11 is 0. The lowest BCUT2D eigenvalue weighted by atomic mass is 9.93. The molecule has 0 aliphatic rings. The normalized spacial score (nSPS) is 12.1. The number of hydrogen-bond acceptors (Lipinski definition) is 1. The summed E-state index contributed by atoms with van der Waals surface area (Å²) in [7, 11) is 0. The summed E-state index contributed by atoms with van der Waals surface area (Å²) in [6.07, 6.45) is 0. The molecular formula is C51H30N2O. The third-order valence-electron chi connectivity index (χ3n) is 11.6. The zero-order valence-electron chi connectivity index (χ0n) is 29.1. The van der Waals surface area contributed by atoms with Gasteiger partial charge in [-0.15, -0.1) is 0 Å². The van der Waals surface area contributed by atoms with E-state index < -0.39 is 0 Å². The van der Waals surface area contributed by atoms with Gasteiger partial charge in [0.1, 0.15) is 0 Å². The van der Waals surface area contributed by atoms with Crippen LogP contribution in [0.5, 0.6) is 0 Å². The molecule has 0 N–H and O–H groups in total. The van der Waals surface area contributed by atoms with Gasteiger partial charge < -0.3 is 4.57 Å². The Labute approximate surface area is 309 Å². The molecule has 0 aliphatic carbocycles. The van der Waals surface area contributed by atoms with Crippen LogP contribution in [-0.2, 0) is 0 Å². The maximum Gasteiger partial charge on any atom is 0.263 e. The molecule has 0 spiro atoms. The SMILES string of the molecule is O=c1c2ccc(-c3ccccc3)cc2c2cc(-c3ccc4ccc5cc(-n6c7ccccc7c7ccccc76)ccc5c4c3)cc3c4ccccc4n1c23. The molecule has 0 saturated heterocycles. The van der Waals surface area contributed by atoms with Crippen LogP contribution in [-0.4, -0.2) is 8.97 Å². The Bertz CT molecular complexity index is 3520. The van der Waals surface area contributed by atoms with E-state index in [1.807, 2.05) is 22.6 Å². The highest BCUT2D eigenvalue weighted by molar-refractivity contribution is 6.22. The average molecular weight is 687 g/mol. The van der Waals surface area contributed by atoms with E-state index >= 15 is 0 Å². The summed E-state index contributed by atoms with van der Waals surface area (Å²) < 4.78 is 4.31. The van der Waals surface area contributed by atoms with Crippen molar-refractivity contribution < 1.29 is 0 Å². The molecule has 0 aliphatic heterocycles. The third kappa shape index (κ3) is 4.04. The van der Waals surface area contributed by atoms with Crippen LogP contribution < -0.4 is 5.56 Å². The number of rotatable bonds is 3. The minimum atomic E-state index is 0.0218. The maximum atomic E-state index is 14.2. The first-order valence-electron chi connectivity index (χ1n) is 18.5. The van der Waals surface area contributed by atoms with Crippen LogP contribution >= 0.6 is 0 Å². The molecule has 54 heavy (non-hydrogen) atoms. The fraction of sp³-hybridized carbons (Fsp3) is 0. The standard InChI is InChI=1S/C51H30N2O/c54-51-42-24-22-33(31-10-2-1-3-11-31)28-44(42)46-30-36(29-45-41-14-6-9-17-49(41)53(51)50(45)46)34-20-18-32-19-21-35-26-37(23-25-38(35)43(32)27-34)52-47-15-7-4-12-39(47)40-13-5-8-16-48(40)52/h1-30H. The third-order valence-corrected chi connectivity index (χ3v) is 11.6. The quantitative estimate of drug-likeness (QED) is 0.170. The van der Waals surface area contributed by atoms with Crippen LogP contribution in [0.15, 0.2) is 187 Å². The monoisotopic (exact) mass is 686 g/mol. The fourth-order valence-corrected chi connectivity index (χ4v) is 9.13. The molecule has 12 aromatic rings. The Hall–Kier alpha value is -7.23.